The number of ether oxygens (including phenoxy) is 2. The molecule has 1 heterocycles. The zero-order valence-electron chi connectivity index (χ0n) is 15.5. The molecule has 0 fully saturated rings. The van der Waals surface area contributed by atoms with Gasteiger partial charge in [-0.3, -0.25) is 5.32 Å². The van der Waals surface area contributed by atoms with Gasteiger partial charge in [0, 0.05) is 12.0 Å². The van der Waals surface area contributed by atoms with Crippen LogP contribution in [0, 0.1) is 0 Å². The normalized spacial score (nSPS) is 11.6. The van der Waals surface area contributed by atoms with Crippen molar-refractivity contribution in [3.8, 4) is 11.5 Å². The summed E-state index contributed by atoms with van der Waals surface area (Å²) in [4.78, 5) is 12.4. The number of rotatable bonds is 6. The Hall–Kier alpha value is -2.84. The molecule has 146 valence electrons. The maximum atomic E-state index is 12.4. The van der Waals surface area contributed by atoms with Gasteiger partial charge in [0.15, 0.2) is 0 Å². The van der Waals surface area contributed by atoms with Crippen LogP contribution >= 0.6 is 22.9 Å². The molecule has 0 saturated carbocycles. The standard InChI is InChI=1S/C19H19ClN4O3S/c1-11(12-7-5-4-6-8-12)17-23-24-19(28-17)22-18(25)21-14-9-13(20)15(26-2)10-16(14)27-3/h4-11H,1-3H3,(H2,21,22,24,25). The van der Waals surface area contributed by atoms with E-state index in [-0.39, 0.29) is 5.92 Å². The van der Waals surface area contributed by atoms with Crippen molar-refractivity contribution in [3.63, 3.8) is 0 Å². The van der Waals surface area contributed by atoms with Crippen LogP contribution in [0.15, 0.2) is 42.5 Å². The SMILES string of the molecule is COc1cc(OC)c(NC(=O)Nc2nnc(C(C)c3ccccc3)s2)cc1Cl. The second kappa shape index (κ2) is 8.90. The van der Waals surface area contributed by atoms with Crippen molar-refractivity contribution in [1.82, 2.24) is 10.2 Å². The van der Waals surface area contributed by atoms with E-state index in [0.29, 0.717) is 27.3 Å². The number of hydrogen-bond acceptors (Lipinski definition) is 6. The maximum absolute atomic E-state index is 12.4. The summed E-state index contributed by atoms with van der Waals surface area (Å²) >= 11 is 7.45. The Balaban J connectivity index is 1.69. The van der Waals surface area contributed by atoms with Crippen LogP contribution in [0.4, 0.5) is 15.6 Å². The number of nitrogens with one attached hydrogen (secondary N) is 2. The van der Waals surface area contributed by atoms with E-state index >= 15 is 0 Å². The average molecular weight is 419 g/mol. The smallest absolute Gasteiger partial charge is 0.325 e. The third-order valence-corrected chi connectivity index (χ3v) is 5.37. The van der Waals surface area contributed by atoms with Crippen LogP contribution in [0.5, 0.6) is 11.5 Å². The largest absolute Gasteiger partial charge is 0.495 e. The highest BCUT2D eigenvalue weighted by atomic mass is 35.5. The lowest BCUT2D eigenvalue weighted by molar-refractivity contribution is 0.262. The van der Waals surface area contributed by atoms with Crippen LogP contribution < -0.4 is 20.1 Å². The van der Waals surface area contributed by atoms with Gasteiger partial charge in [0.1, 0.15) is 16.5 Å². The third-order valence-electron chi connectivity index (χ3n) is 4.05. The Bertz CT molecular complexity index is 965. The van der Waals surface area contributed by atoms with Crippen molar-refractivity contribution >= 4 is 39.8 Å². The number of urea groups is 1. The quantitative estimate of drug-likeness (QED) is 0.588. The van der Waals surface area contributed by atoms with Crippen LogP contribution in [-0.2, 0) is 0 Å². The van der Waals surface area contributed by atoms with Crippen LogP contribution in [0.1, 0.15) is 23.4 Å². The first-order valence-corrected chi connectivity index (χ1v) is 9.59. The fourth-order valence-corrected chi connectivity index (χ4v) is 3.61. The zero-order chi connectivity index (χ0) is 20.1. The molecule has 0 aliphatic carbocycles. The summed E-state index contributed by atoms with van der Waals surface area (Å²) in [5.74, 6) is 0.956. The van der Waals surface area contributed by atoms with Gasteiger partial charge in [-0.15, -0.1) is 10.2 Å². The molecule has 1 unspecified atom stereocenters. The van der Waals surface area contributed by atoms with Gasteiger partial charge in [-0.05, 0) is 11.6 Å². The van der Waals surface area contributed by atoms with Gasteiger partial charge < -0.3 is 14.8 Å². The Morgan fingerprint density at radius 2 is 1.79 bits per heavy atom. The lowest BCUT2D eigenvalue weighted by Gasteiger charge is -2.13. The summed E-state index contributed by atoms with van der Waals surface area (Å²) in [6.45, 7) is 2.05. The first-order valence-electron chi connectivity index (χ1n) is 8.39. The summed E-state index contributed by atoms with van der Waals surface area (Å²) in [6, 6.07) is 12.7. The summed E-state index contributed by atoms with van der Waals surface area (Å²) in [6.07, 6.45) is 0. The lowest BCUT2D eigenvalue weighted by atomic mass is 10.0. The van der Waals surface area contributed by atoms with E-state index < -0.39 is 6.03 Å². The molecule has 0 radical (unpaired) electrons. The number of halogens is 1. The van der Waals surface area contributed by atoms with E-state index in [9.17, 15) is 4.79 Å². The van der Waals surface area contributed by atoms with Gasteiger partial charge in [-0.1, -0.05) is 60.2 Å². The molecule has 2 N–H and O–H groups in total. The number of carbonyl (C=O) groups is 1. The number of anilines is 2. The van der Waals surface area contributed by atoms with E-state index in [1.165, 1.54) is 25.6 Å². The number of methoxy groups -OCH3 is 2. The molecule has 0 aliphatic rings. The van der Waals surface area contributed by atoms with Crippen molar-refractivity contribution in [1.29, 1.82) is 0 Å². The average Bonchev–Trinajstić information content (AvgIpc) is 3.16. The van der Waals surface area contributed by atoms with Crippen molar-refractivity contribution < 1.29 is 14.3 Å². The summed E-state index contributed by atoms with van der Waals surface area (Å²) < 4.78 is 10.4. The van der Waals surface area contributed by atoms with Crippen LogP contribution in [-0.4, -0.2) is 30.4 Å². The first-order chi connectivity index (χ1) is 13.5. The molecular weight excluding hydrogens is 400 g/mol. The fraction of sp³-hybridized carbons (Fsp3) is 0.211. The van der Waals surface area contributed by atoms with E-state index in [1.54, 1.807) is 12.1 Å². The molecular formula is C19H19ClN4O3S. The lowest BCUT2D eigenvalue weighted by Crippen LogP contribution is -2.19. The topological polar surface area (TPSA) is 85.4 Å². The Morgan fingerprint density at radius 3 is 2.46 bits per heavy atom. The minimum absolute atomic E-state index is 0.0813. The second-order valence-corrected chi connectivity index (χ2v) is 7.26. The number of nitrogens with zero attached hydrogens (tertiary/aromatic N) is 2. The highest BCUT2D eigenvalue weighted by molar-refractivity contribution is 7.15. The molecule has 3 aromatic rings. The number of aromatic nitrogens is 2. The van der Waals surface area contributed by atoms with E-state index in [1.807, 2.05) is 37.3 Å². The van der Waals surface area contributed by atoms with E-state index in [4.69, 9.17) is 21.1 Å². The van der Waals surface area contributed by atoms with Gasteiger partial charge in [0.05, 0.1) is 24.9 Å². The van der Waals surface area contributed by atoms with Gasteiger partial charge in [0.25, 0.3) is 0 Å². The van der Waals surface area contributed by atoms with Crippen molar-refractivity contribution in [3.05, 3.63) is 58.1 Å². The molecule has 2 aromatic carbocycles. The predicted octanol–water partition coefficient (Wildman–Crippen LogP) is 5.00. The molecule has 1 aromatic heterocycles. The molecule has 0 spiro atoms. The molecule has 0 aliphatic heterocycles. The molecule has 9 heteroatoms. The van der Waals surface area contributed by atoms with Crippen molar-refractivity contribution in [2.75, 3.05) is 24.9 Å². The first kappa shape index (κ1) is 19.9. The highest BCUT2D eigenvalue weighted by Crippen LogP contribution is 2.36. The Kier molecular flexibility index (Phi) is 6.33. The molecule has 2 amide bonds. The molecule has 0 bridgehead atoms. The second-order valence-electron chi connectivity index (χ2n) is 5.84. The molecule has 1 atom stereocenters. The summed E-state index contributed by atoms with van der Waals surface area (Å²) in [7, 11) is 3.00. The van der Waals surface area contributed by atoms with Crippen LogP contribution in [0.3, 0.4) is 0 Å². The van der Waals surface area contributed by atoms with Crippen LogP contribution in [0.25, 0.3) is 0 Å². The van der Waals surface area contributed by atoms with Gasteiger partial charge in [-0.2, -0.15) is 0 Å². The summed E-state index contributed by atoms with van der Waals surface area (Å²) in [5.41, 5.74) is 1.54. The minimum atomic E-state index is -0.477. The monoisotopic (exact) mass is 418 g/mol. The van der Waals surface area contributed by atoms with Crippen LogP contribution in [0.2, 0.25) is 5.02 Å². The fourth-order valence-electron chi connectivity index (χ4n) is 2.55. The minimum Gasteiger partial charge on any atom is -0.495 e. The Labute approximate surface area is 171 Å². The zero-order valence-corrected chi connectivity index (χ0v) is 17.1. The van der Waals surface area contributed by atoms with E-state index in [0.717, 1.165) is 10.6 Å². The number of benzene rings is 2. The predicted molar refractivity (Wildman–Crippen MR) is 111 cm³/mol. The van der Waals surface area contributed by atoms with Crippen molar-refractivity contribution in [2.45, 2.75) is 12.8 Å². The number of hydrogen-bond donors (Lipinski definition) is 2. The number of carbonyl (C=O) groups excluding carboxylic acids is 1. The third kappa shape index (κ3) is 4.52. The highest BCUT2D eigenvalue weighted by Gasteiger charge is 2.17. The molecule has 7 nitrogen and oxygen atoms in total. The van der Waals surface area contributed by atoms with Crippen molar-refractivity contribution in [2.24, 2.45) is 0 Å². The van der Waals surface area contributed by atoms with Gasteiger partial charge >= 0.3 is 6.03 Å². The molecule has 3 rings (SSSR count). The molecule has 0 saturated heterocycles. The van der Waals surface area contributed by atoms with Gasteiger partial charge in [-0.25, -0.2) is 4.79 Å². The maximum Gasteiger partial charge on any atom is 0.325 e. The Morgan fingerprint density at radius 1 is 1.07 bits per heavy atom. The van der Waals surface area contributed by atoms with E-state index in [2.05, 4.69) is 20.8 Å². The molecule has 28 heavy (non-hydrogen) atoms. The van der Waals surface area contributed by atoms with Gasteiger partial charge in [0.2, 0.25) is 5.13 Å². The number of amides is 2. The summed E-state index contributed by atoms with van der Waals surface area (Å²) in [5, 5.41) is 15.2.